The highest BCUT2D eigenvalue weighted by Crippen LogP contribution is 2.30. The highest BCUT2D eigenvalue weighted by atomic mass is 31.0. The molecule has 4 heteroatoms. The second-order valence-electron chi connectivity index (χ2n) is 4.47. The molecule has 106 valence electrons. The van der Waals surface area contributed by atoms with Crippen molar-refractivity contribution in [3.63, 3.8) is 0 Å². The Bertz CT molecular complexity index is 290. The van der Waals surface area contributed by atoms with Gasteiger partial charge in [0.15, 0.2) is 0 Å². The van der Waals surface area contributed by atoms with E-state index in [4.69, 9.17) is 0 Å². The van der Waals surface area contributed by atoms with Crippen LogP contribution in [0.5, 0.6) is 0 Å². The highest BCUT2D eigenvalue weighted by Gasteiger charge is 2.32. The van der Waals surface area contributed by atoms with Crippen molar-refractivity contribution < 1.29 is 13.2 Å². The summed E-state index contributed by atoms with van der Waals surface area (Å²) < 4.78 is 38.2. The van der Waals surface area contributed by atoms with Crippen LogP contribution < -0.4 is 0 Å². The summed E-state index contributed by atoms with van der Waals surface area (Å²) in [5.41, 5.74) is 0.716. The molecule has 0 aliphatic heterocycles. The topological polar surface area (TPSA) is 0 Å². The molecule has 0 aliphatic carbocycles. The van der Waals surface area contributed by atoms with Crippen LogP contribution in [0.15, 0.2) is 23.3 Å². The number of rotatable bonds is 7. The summed E-state index contributed by atoms with van der Waals surface area (Å²) in [4.78, 5) is 0. The van der Waals surface area contributed by atoms with Crippen LogP contribution in [0.2, 0.25) is 0 Å². The predicted molar refractivity (Wildman–Crippen MR) is 75.8 cm³/mol. The minimum atomic E-state index is -4.20. The van der Waals surface area contributed by atoms with Crippen molar-refractivity contribution in [3.05, 3.63) is 23.3 Å². The lowest BCUT2D eigenvalue weighted by atomic mass is 9.94. The van der Waals surface area contributed by atoms with E-state index < -0.39 is 11.7 Å². The highest BCUT2D eigenvalue weighted by molar-refractivity contribution is 7.16. The van der Waals surface area contributed by atoms with Gasteiger partial charge in [0.05, 0.1) is 0 Å². The Morgan fingerprint density at radius 3 is 2.22 bits per heavy atom. The maximum absolute atomic E-state index is 12.7. The van der Waals surface area contributed by atoms with Crippen LogP contribution in [0.4, 0.5) is 13.2 Å². The van der Waals surface area contributed by atoms with E-state index in [1.807, 2.05) is 0 Å². The summed E-state index contributed by atoms with van der Waals surface area (Å²) >= 11 is 0. The fourth-order valence-electron chi connectivity index (χ4n) is 1.78. The van der Waals surface area contributed by atoms with E-state index in [1.165, 1.54) is 6.08 Å². The van der Waals surface area contributed by atoms with Gasteiger partial charge in [-0.05, 0) is 37.8 Å². The fourth-order valence-corrected chi connectivity index (χ4v) is 2.11. The smallest absolute Gasteiger partial charge is 0.166 e. The number of hydrogen-bond donors (Lipinski definition) is 0. The molecule has 0 bridgehead atoms. The first-order valence-electron chi connectivity index (χ1n) is 6.51. The van der Waals surface area contributed by atoms with Crippen LogP contribution >= 0.6 is 9.24 Å². The number of hydrogen-bond acceptors (Lipinski definition) is 0. The Morgan fingerprint density at radius 2 is 1.83 bits per heavy atom. The van der Waals surface area contributed by atoms with Crippen molar-refractivity contribution in [2.45, 2.75) is 52.6 Å². The average molecular weight is 280 g/mol. The van der Waals surface area contributed by atoms with Gasteiger partial charge >= 0.3 is 6.18 Å². The van der Waals surface area contributed by atoms with Crippen LogP contribution in [0, 0.1) is 5.92 Å². The van der Waals surface area contributed by atoms with Gasteiger partial charge < -0.3 is 0 Å². The van der Waals surface area contributed by atoms with E-state index in [0.29, 0.717) is 12.3 Å². The van der Waals surface area contributed by atoms with E-state index in [9.17, 15) is 13.2 Å². The Labute approximate surface area is 111 Å². The van der Waals surface area contributed by atoms with Crippen LogP contribution in [0.25, 0.3) is 0 Å². The summed E-state index contributed by atoms with van der Waals surface area (Å²) in [5, 5.41) is 0. The monoisotopic (exact) mass is 280 g/mol. The lowest BCUT2D eigenvalue weighted by Gasteiger charge is -2.15. The van der Waals surface area contributed by atoms with E-state index >= 15 is 0 Å². The SMILES string of the molecule is CC/C=C(\C/C=C(\CCP)C(C)CC)C(F)(F)F. The van der Waals surface area contributed by atoms with Gasteiger partial charge in [0.25, 0.3) is 0 Å². The van der Waals surface area contributed by atoms with Crippen LogP contribution in [0.3, 0.4) is 0 Å². The van der Waals surface area contributed by atoms with Crippen molar-refractivity contribution in [1.29, 1.82) is 0 Å². The molecule has 0 rings (SSSR count). The largest absolute Gasteiger partial charge is 0.412 e. The van der Waals surface area contributed by atoms with Gasteiger partial charge in [0.1, 0.15) is 0 Å². The summed E-state index contributed by atoms with van der Waals surface area (Å²) in [6.45, 7) is 5.87. The van der Waals surface area contributed by atoms with Gasteiger partial charge in [0, 0.05) is 5.57 Å². The van der Waals surface area contributed by atoms with Crippen molar-refractivity contribution in [2.75, 3.05) is 6.16 Å². The van der Waals surface area contributed by atoms with Gasteiger partial charge in [-0.1, -0.05) is 38.5 Å². The van der Waals surface area contributed by atoms with E-state index in [-0.39, 0.29) is 6.42 Å². The average Bonchev–Trinajstić information content (AvgIpc) is 2.30. The Morgan fingerprint density at radius 1 is 1.22 bits per heavy atom. The molecule has 0 fully saturated rings. The molecule has 0 N–H and O–H groups in total. The number of allylic oxidation sites excluding steroid dienone is 4. The summed E-state index contributed by atoms with van der Waals surface area (Å²) in [6.07, 6.45) is 2.00. The second kappa shape index (κ2) is 8.74. The summed E-state index contributed by atoms with van der Waals surface area (Å²) in [7, 11) is 2.63. The molecule has 2 unspecified atom stereocenters. The van der Waals surface area contributed by atoms with Crippen LogP contribution in [-0.2, 0) is 0 Å². The Hall–Kier alpha value is -0.300. The fraction of sp³-hybridized carbons (Fsp3) is 0.714. The van der Waals surface area contributed by atoms with Gasteiger partial charge in [-0.15, -0.1) is 9.24 Å². The number of halogens is 3. The van der Waals surface area contributed by atoms with Crippen molar-refractivity contribution >= 4 is 9.24 Å². The molecule has 18 heavy (non-hydrogen) atoms. The molecule has 0 heterocycles. The molecule has 0 aromatic heterocycles. The zero-order valence-electron chi connectivity index (χ0n) is 11.5. The Balaban J connectivity index is 4.86. The quantitative estimate of drug-likeness (QED) is 0.426. The minimum Gasteiger partial charge on any atom is -0.166 e. The number of alkyl halides is 3. The zero-order chi connectivity index (χ0) is 14.2. The molecule has 0 nitrogen and oxygen atoms in total. The second-order valence-corrected chi connectivity index (χ2v) is 5.04. The molecule has 0 radical (unpaired) electrons. The maximum atomic E-state index is 12.7. The third-order valence-corrected chi connectivity index (χ3v) is 3.37. The molecule has 0 saturated heterocycles. The van der Waals surface area contributed by atoms with Gasteiger partial charge in [-0.25, -0.2) is 0 Å². The maximum Gasteiger partial charge on any atom is 0.412 e. The van der Waals surface area contributed by atoms with E-state index in [0.717, 1.165) is 24.6 Å². The minimum absolute atomic E-state index is 0.00167. The third kappa shape index (κ3) is 6.58. The molecule has 0 aromatic carbocycles. The third-order valence-electron chi connectivity index (χ3n) is 3.08. The molecular formula is C14H24F3P. The first kappa shape index (κ1) is 17.7. The van der Waals surface area contributed by atoms with Gasteiger partial charge in [-0.2, -0.15) is 13.2 Å². The van der Waals surface area contributed by atoms with Crippen LogP contribution in [0.1, 0.15) is 46.5 Å². The van der Waals surface area contributed by atoms with Crippen molar-refractivity contribution in [3.8, 4) is 0 Å². The van der Waals surface area contributed by atoms with E-state index in [2.05, 4.69) is 23.1 Å². The van der Waals surface area contributed by atoms with Crippen molar-refractivity contribution in [1.82, 2.24) is 0 Å². The molecular weight excluding hydrogens is 256 g/mol. The normalized spacial score (nSPS) is 15.9. The summed E-state index contributed by atoms with van der Waals surface area (Å²) in [6, 6.07) is 0. The molecule has 0 spiro atoms. The van der Waals surface area contributed by atoms with Crippen LogP contribution in [-0.4, -0.2) is 12.3 Å². The molecule has 0 amide bonds. The molecule has 0 aliphatic rings. The van der Waals surface area contributed by atoms with Gasteiger partial charge in [-0.3, -0.25) is 0 Å². The zero-order valence-corrected chi connectivity index (χ0v) is 12.6. The first-order chi connectivity index (χ1) is 8.36. The lowest BCUT2D eigenvalue weighted by Crippen LogP contribution is -2.12. The molecule has 0 aromatic rings. The Kier molecular flexibility index (Phi) is 8.60. The standard InChI is InChI=1S/C14H24F3P/c1-4-6-13(14(15,16)17)8-7-12(9-10-18)11(3)5-2/h6-7,11H,4-5,8-10,18H2,1-3H3/b12-7+,13-6+. The first-order valence-corrected chi connectivity index (χ1v) is 7.33. The summed E-state index contributed by atoms with van der Waals surface area (Å²) in [5.74, 6) is 0.363. The molecule has 0 saturated carbocycles. The van der Waals surface area contributed by atoms with Gasteiger partial charge in [0.2, 0.25) is 0 Å². The predicted octanol–water partition coefficient (Wildman–Crippen LogP) is 5.51. The van der Waals surface area contributed by atoms with E-state index in [1.54, 1.807) is 13.0 Å². The lowest BCUT2D eigenvalue weighted by molar-refractivity contribution is -0.0931. The molecule has 2 atom stereocenters. The van der Waals surface area contributed by atoms with Crippen molar-refractivity contribution in [2.24, 2.45) is 5.92 Å².